The molecule has 2 aromatic heterocycles. The minimum absolute atomic E-state index is 0.00133. The molecule has 5 nitrogen and oxygen atoms in total. The highest BCUT2D eigenvalue weighted by atomic mass is 32.2. The van der Waals surface area contributed by atoms with Crippen LogP contribution in [0.25, 0.3) is 10.2 Å². The van der Waals surface area contributed by atoms with Crippen molar-refractivity contribution in [3.8, 4) is 0 Å². The highest BCUT2D eigenvalue weighted by Gasteiger charge is 2.29. The number of hydrogen-bond donors (Lipinski definition) is 1. The standard InChI is InChI=1S/C23H26N4OS2/c1-27(2)16-11-9-15(10-12-16)24-19(28)13-29-22-20-17-5-3-4-6-18(17)30-23(20)26-21(25-22)14-7-8-14/h9-12,14H,3-8,13H2,1-2H3,(H,24,28). The molecule has 1 aromatic carbocycles. The molecular formula is C23H26N4OS2. The zero-order chi connectivity index (χ0) is 20.7. The molecule has 0 aliphatic heterocycles. The molecule has 5 rings (SSSR count). The van der Waals surface area contributed by atoms with Crippen LogP contribution in [-0.4, -0.2) is 35.7 Å². The van der Waals surface area contributed by atoms with Crippen molar-refractivity contribution in [2.75, 3.05) is 30.1 Å². The van der Waals surface area contributed by atoms with Gasteiger partial charge in [-0.1, -0.05) is 11.8 Å². The Kier molecular flexibility index (Phi) is 5.41. The molecule has 30 heavy (non-hydrogen) atoms. The molecule has 0 unspecified atom stereocenters. The van der Waals surface area contributed by atoms with E-state index in [1.165, 1.54) is 41.5 Å². The first kappa shape index (κ1) is 19.8. The second-order valence-corrected chi connectivity index (χ2v) is 10.4. The Hall–Kier alpha value is -2.12. The maximum atomic E-state index is 12.6. The molecule has 156 valence electrons. The molecule has 2 aliphatic rings. The Balaban J connectivity index is 1.35. The van der Waals surface area contributed by atoms with E-state index in [1.807, 2.05) is 54.6 Å². The van der Waals surface area contributed by atoms with Crippen LogP contribution in [0.1, 0.15) is 47.9 Å². The van der Waals surface area contributed by atoms with Gasteiger partial charge in [0.25, 0.3) is 0 Å². The minimum atomic E-state index is 0.00133. The van der Waals surface area contributed by atoms with Crippen molar-refractivity contribution in [1.82, 2.24) is 9.97 Å². The first-order valence-corrected chi connectivity index (χ1v) is 12.4. The average Bonchev–Trinajstić information content (AvgIpc) is 3.53. The minimum Gasteiger partial charge on any atom is -0.378 e. The molecule has 0 bridgehead atoms. The molecule has 0 spiro atoms. The third kappa shape index (κ3) is 4.05. The normalized spacial score (nSPS) is 15.8. The van der Waals surface area contributed by atoms with Gasteiger partial charge in [-0.2, -0.15) is 0 Å². The van der Waals surface area contributed by atoms with Crippen molar-refractivity contribution < 1.29 is 4.79 Å². The zero-order valence-electron chi connectivity index (χ0n) is 17.4. The summed E-state index contributed by atoms with van der Waals surface area (Å²) in [5, 5.41) is 5.23. The van der Waals surface area contributed by atoms with Gasteiger partial charge in [-0.25, -0.2) is 9.97 Å². The molecular weight excluding hydrogens is 412 g/mol. The van der Waals surface area contributed by atoms with Gasteiger partial charge in [-0.15, -0.1) is 11.3 Å². The van der Waals surface area contributed by atoms with Crippen molar-refractivity contribution >= 4 is 50.6 Å². The molecule has 1 N–H and O–H groups in total. The van der Waals surface area contributed by atoms with Gasteiger partial charge in [0.2, 0.25) is 5.91 Å². The topological polar surface area (TPSA) is 58.1 Å². The first-order valence-electron chi connectivity index (χ1n) is 10.6. The van der Waals surface area contributed by atoms with E-state index in [0.29, 0.717) is 11.7 Å². The van der Waals surface area contributed by atoms with Crippen LogP contribution >= 0.6 is 23.1 Å². The van der Waals surface area contributed by atoms with Crippen LogP contribution in [-0.2, 0) is 17.6 Å². The first-order chi connectivity index (χ1) is 14.6. The van der Waals surface area contributed by atoms with Gasteiger partial charge in [0.05, 0.1) is 5.75 Å². The maximum absolute atomic E-state index is 12.6. The van der Waals surface area contributed by atoms with E-state index in [2.05, 4.69) is 5.32 Å². The number of nitrogens with zero attached hydrogens (tertiary/aromatic N) is 3. The Morgan fingerprint density at radius 1 is 1.17 bits per heavy atom. The number of thioether (sulfide) groups is 1. The van der Waals surface area contributed by atoms with Crippen molar-refractivity contribution in [2.45, 2.75) is 49.5 Å². The maximum Gasteiger partial charge on any atom is 0.234 e. The molecule has 0 radical (unpaired) electrons. The number of anilines is 2. The van der Waals surface area contributed by atoms with Crippen molar-refractivity contribution in [3.05, 3.63) is 40.5 Å². The van der Waals surface area contributed by atoms with Crippen molar-refractivity contribution in [2.24, 2.45) is 0 Å². The lowest BCUT2D eigenvalue weighted by molar-refractivity contribution is -0.113. The second-order valence-electron chi connectivity index (χ2n) is 8.33. The van der Waals surface area contributed by atoms with E-state index in [9.17, 15) is 4.79 Å². The third-order valence-corrected chi connectivity index (χ3v) is 7.91. The summed E-state index contributed by atoms with van der Waals surface area (Å²) in [7, 11) is 4.01. The van der Waals surface area contributed by atoms with Crippen molar-refractivity contribution in [3.63, 3.8) is 0 Å². The van der Waals surface area contributed by atoms with E-state index in [0.717, 1.165) is 39.9 Å². The van der Waals surface area contributed by atoms with E-state index in [-0.39, 0.29) is 5.91 Å². The lowest BCUT2D eigenvalue weighted by Gasteiger charge is -2.13. The third-order valence-electron chi connectivity index (χ3n) is 5.75. The van der Waals surface area contributed by atoms with Crippen LogP contribution in [0.3, 0.4) is 0 Å². The van der Waals surface area contributed by atoms with Crippen LogP contribution in [0, 0.1) is 0 Å². The van der Waals surface area contributed by atoms with Gasteiger partial charge >= 0.3 is 0 Å². The second kappa shape index (κ2) is 8.19. The largest absolute Gasteiger partial charge is 0.378 e. The van der Waals surface area contributed by atoms with Gasteiger partial charge in [0.1, 0.15) is 15.7 Å². The smallest absolute Gasteiger partial charge is 0.234 e. The fourth-order valence-corrected chi connectivity index (χ4v) is 6.14. The number of aromatic nitrogens is 2. The predicted molar refractivity (Wildman–Crippen MR) is 126 cm³/mol. The van der Waals surface area contributed by atoms with E-state index >= 15 is 0 Å². The summed E-state index contributed by atoms with van der Waals surface area (Å²) in [5.74, 6) is 1.85. The number of carbonyl (C=O) groups excluding carboxylic acids is 1. The van der Waals surface area contributed by atoms with Crippen LogP contribution < -0.4 is 10.2 Å². The van der Waals surface area contributed by atoms with Crippen LogP contribution in [0.2, 0.25) is 0 Å². The van der Waals surface area contributed by atoms with E-state index in [4.69, 9.17) is 9.97 Å². The van der Waals surface area contributed by atoms with Gasteiger partial charge < -0.3 is 10.2 Å². The van der Waals surface area contributed by atoms with Crippen LogP contribution in [0.5, 0.6) is 0 Å². The summed E-state index contributed by atoms with van der Waals surface area (Å²) in [4.78, 5) is 27.1. The number of nitrogens with one attached hydrogen (secondary N) is 1. The van der Waals surface area contributed by atoms with Crippen molar-refractivity contribution in [1.29, 1.82) is 0 Å². The Morgan fingerprint density at radius 2 is 1.93 bits per heavy atom. The molecule has 1 amide bonds. The summed E-state index contributed by atoms with van der Waals surface area (Å²) >= 11 is 3.40. The lowest BCUT2D eigenvalue weighted by atomic mass is 9.97. The summed E-state index contributed by atoms with van der Waals surface area (Å²) < 4.78 is 0. The summed E-state index contributed by atoms with van der Waals surface area (Å²) in [6, 6.07) is 7.91. The SMILES string of the molecule is CN(C)c1ccc(NC(=O)CSc2nc(C3CC3)nc3sc4c(c23)CCCC4)cc1. The molecule has 2 aliphatic carbocycles. The molecule has 0 saturated heterocycles. The fourth-order valence-electron chi connectivity index (χ4n) is 3.94. The van der Waals surface area contributed by atoms with E-state index in [1.54, 1.807) is 11.8 Å². The highest BCUT2D eigenvalue weighted by molar-refractivity contribution is 8.00. The number of thiophene rings is 1. The summed E-state index contributed by atoms with van der Waals surface area (Å²) in [5.41, 5.74) is 3.37. The van der Waals surface area contributed by atoms with Gasteiger partial charge in [-0.3, -0.25) is 4.79 Å². The average molecular weight is 439 g/mol. The molecule has 1 fully saturated rings. The van der Waals surface area contributed by atoms with Crippen LogP contribution in [0.15, 0.2) is 29.3 Å². The highest BCUT2D eigenvalue weighted by Crippen LogP contribution is 2.44. The summed E-state index contributed by atoms with van der Waals surface area (Å²) in [6.07, 6.45) is 7.13. The number of hydrogen-bond acceptors (Lipinski definition) is 6. The Labute approximate surface area is 185 Å². The molecule has 1 saturated carbocycles. The number of rotatable bonds is 6. The molecule has 3 aromatic rings. The zero-order valence-corrected chi connectivity index (χ0v) is 19.0. The predicted octanol–water partition coefficient (Wildman–Crippen LogP) is 5.24. The molecule has 0 atom stereocenters. The lowest BCUT2D eigenvalue weighted by Crippen LogP contribution is -2.14. The molecule has 2 heterocycles. The fraction of sp³-hybridized carbons (Fsp3) is 0.435. The number of fused-ring (bicyclic) bond motifs is 3. The number of benzene rings is 1. The van der Waals surface area contributed by atoms with Gasteiger partial charge in [0, 0.05) is 41.7 Å². The van der Waals surface area contributed by atoms with Crippen LogP contribution in [0.4, 0.5) is 11.4 Å². The Morgan fingerprint density at radius 3 is 2.67 bits per heavy atom. The monoisotopic (exact) mass is 438 g/mol. The molecule has 7 heteroatoms. The van der Waals surface area contributed by atoms with Gasteiger partial charge in [0.15, 0.2) is 0 Å². The quantitative estimate of drug-likeness (QED) is 0.421. The van der Waals surface area contributed by atoms with Gasteiger partial charge in [-0.05, 0) is 68.4 Å². The number of carbonyl (C=O) groups is 1. The van der Waals surface area contributed by atoms with E-state index < -0.39 is 0 Å². The Bertz CT molecular complexity index is 1090. The number of aryl methyl sites for hydroxylation is 2. The number of amides is 1. The summed E-state index contributed by atoms with van der Waals surface area (Å²) in [6.45, 7) is 0.